The van der Waals surface area contributed by atoms with E-state index in [1.807, 2.05) is 0 Å². The largest absolute Gasteiger partial charge is 0.0651 e. The minimum atomic E-state index is 0.866. The van der Waals surface area contributed by atoms with Gasteiger partial charge in [0.15, 0.2) is 0 Å². The van der Waals surface area contributed by atoms with Crippen molar-refractivity contribution in [2.24, 2.45) is 11.8 Å². The standard InChI is InChI=1S/C13H27/c1-5-13(4)11-9-7-6-8-10-12(2)3/h6,12-13H,5,7-11H2,1-4H3. The molecule has 0 fully saturated rings. The summed E-state index contributed by atoms with van der Waals surface area (Å²) in [5.41, 5.74) is 0. The average Bonchev–Trinajstić information content (AvgIpc) is 2.10. The van der Waals surface area contributed by atoms with Crippen LogP contribution in [0.3, 0.4) is 0 Å². The van der Waals surface area contributed by atoms with Crippen molar-refractivity contribution >= 4 is 0 Å². The summed E-state index contributed by atoms with van der Waals surface area (Å²) in [5, 5.41) is 0. The van der Waals surface area contributed by atoms with Gasteiger partial charge in [0.2, 0.25) is 0 Å². The van der Waals surface area contributed by atoms with Crippen LogP contribution < -0.4 is 0 Å². The van der Waals surface area contributed by atoms with Crippen LogP contribution in [0.4, 0.5) is 0 Å². The van der Waals surface area contributed by atoms with Crippen LogP contribution in [0.25, 0.3) is 0 Å². The van der Waals surface area contributed by atoms with Gasteiger partial charge in [0.05, 0.1) is 0 Å². The van der Waals surface area contributed by atoms with Crippen molar-refractivity contribution in [3.63, 3.8) is 0 Å². The third-order valence-corrected chi connectivity index (χ3v) is 2.75. The van der Waals surface area contributed by atoms with E-state index in [0.717, 1.165) is 11.8 Å². The van der Waals surface area contributed by atoms with E-state index in [2.05, 4.69) is 34.1 Å². The molecule has 0 spiro atoms. The minimum Gasteiger partial charge on any atom is -0.0651 e. The lowest BCUT2D eigenvalue weighted by Crippen LogP contribution is -1.92. The lowest BCUT2D eigenvalue weighted by molar-refractivity contribution is 0.487. The zero-order chi connectivity index (χ0) is 10.1. The Labute approximate surface area is 85.1 Å². The highest BCUT2D eigenvalue weighted by Gasteiger charge is 1.98. The maximum absolute atomic E-state index is 2.47. The Morgan fingerprint density at radius 1 is 1.00 bits per heavy atom. The first-order valence-corrected chi connectivity index (χ1v) is 5.98. The number of hydrogen-bond acceptors (Lipinski definition) is 0. The van der Waals surface area contributed by atoms with Gasteiger partial charge in [-0.1, -0.05) is 59.8 Å². The zero-order valence-corrected chi connectivity index (χ0v) is 9.97. The monoisotopic (exact) mass is 183 g/mol. The van der Waals surface area contributed by atoms with Gasteiger partial charge in [-0.15, -0.1) is 0 Å². The molecule has 0 bridgehead atoms. The Morgan fingerprint density at radius 3 is 2.23 bits per heavy atom. The van der Waals surface area contributed by atoms with Crippen molar-refractivity contribution in [2.45, 2.75) is 66.2 Å². The van der Waals surface area contributed by atoms with Gasteiger partial charge < -0.3 is 0 Å². The van der Waals surface area contributed by atoms with Gasteiger partial charge in [-0.2, -0.15) is 0 Å². The fourth-order valence-corrected chi connectivity index (χ4v) is 1.41. The van der Waals surface area contributed by atoms with Crippen LogP contribution in [0.15, 0.2) is 0 Å². The second-order valence-electron chi connectivity index (χ2n) is 4.70. The second-order valence-corrected chi connectivity index (χ2v) is 4.70. The second kappa shape index (κ2) is 8.59. The predicted molar refractivity (Wildman–Crippen MR) is 61.7 cm³/mol. The molecule has 13 heavy (non-hydrogen) atoms. The van der Waals surface area contributed by atoms with Crippen molar-refractivity contribution < 1.29 is 0 Å². The fourth-order valence-electron chi connectivity index (χ4n) is 1.41. The van der Waals surface area contributed by atoms with Crippen molar-refractivity contribution in [3.05, 3.63) is 6.42 Å². The van der Waals surface area contributed by atoms with E-state index in [0.29, 0.717) is 0 Å². The summed E-state index contributed by atoms with van der Waals surface area (Å²) in [4.78, 5) is 0. The summed E-state index contributed by atoms with van der Waals surface area (Å²) in [7, 11) is 0. The van der Waals surface area contributed by atoms with Gasteiger partial charge in [0.25, 0.3) is 0 Å². The molecule has 0 heterocycles. The maximum Gasteiger partial charge on any atom is -0.0386 e. The Balaban J connectivity index is 2.99. The van der Waals surface area contributed by atoms with E-state index in [9.17, 15) is 0 Å². The Hall–Kier alpha value is 0. The molecule has 0 saturated carbocycles. The van der Waals surface area contributed by atoms with Crippen LogP contribution in [-0.2, 0) is 0 Å². The van der Waals surface area contributed by atoms with Crippen molar-refractivity contribution in [1.82, 2.24) is 0 Å². The molecule has 0 aliphatic rings. The van der Waals surface area contributed by atoms with Crippen LogP contribution in [0, 0.1) is 18.3 Å². The van der Waals surface area contributed by atoms with Gasteiger partial charge in [0.1, 0.15) is 0 Å². The molecule has 0 aromatic heterocycles. The molecular weight excluding hydrogens is 156 g/mol. The van der Waals surface area contributed by atoms with E-state index in [1.54, 1.807) is 0 Å². The highest BCUT2D eigenvalue weighted by molar-refractivity contribution is 4.66. The molecule has 0 amide bonds. The molecule has 0 aromatic carbocycles. The van der Waals surface area contributed by atoms with Crippen LogP contribution in [0.2, 0.25) is 0 Å². The quantitative estimate of drug-likeness (QED) is 0.472. The first kappa shape index (κ1) is 13.0. The van der Waals surface area contributed by atoms with E-state index in [4.69, 9.17) is 0 Å². The number of rotatable bonds is 8. The summed E-state index contributed by atoms with van der Waals surface area (Å²) in [6.45, 7) is 9.24. The SMILES string of the molecule is CCC(C)CCC[CH]CCC(C)C. The molecule has 0 nitrogen and oxygen atoms in total. The molecule has 1 unspecified atom stereocenters. The molecular formula is C13H27. The van der Waals surface area contributed by atoms with Crippen LogP contribution in [0.1, 0.15) is 66.2 Å². The third-order valence-electron chi connectivity index (χ3n) is 2.75. The lowest BCUT2D eigenvalue weighted by Gasteiger charge is -2.07. The molecule has 0 heteroatoms. The van der Waals surface area contributed by atoms with E-state index in [-0.39, 0.29) is 0 Å². The molecule has 0 saturated heterocycles. The summed E-state index contributed by atoms with van der Waals surface area (Å²) >= 11 is 0. The molecule has 0 aliphatic heterocycles. The topological polar surface area (TPSA) is 0 Å². The Kier molecular flexibility index (Phi) is 8.59. The molecule has 1 atom stereocenters. The van der Waals surface area contributed by atoms with Crippen LogP contribution in [0.5, 0.6) is 0 Å². The molecule has 0 rings (SSSR count). The first-order chi connectivity index (χ1) is 6.16. The zero-order valence-electron chi connectivity index (χ0n) is 9.97. The Bertz CT molecular complexity index is 94.2. The summed E-state index contributed by atoms with van der Waals surface area (Å²) in [6.07, 6.45) is 10.6. The predicted octanol–water partition coefficient (Wildman–Crippen LogP) is 4.84. The van der Waals surface area contributed by atoms with Gasteiger partial charge in [-0.05, 0) is 24.7 Å². The van der Waals surface area contributed by atoms with E-state index in [1.165, 1.54) is 38.5 Å². The molecule has 79 valence electrons. The van der Waals surface area contributed by atoms with Crippen LogP contribution in [-0.4, -0.2) is 0 Å². The number of unbranched alkanes of at least 4 members (excludes halogenated alkanes) is 3. The van der Waals surface area contributed by atoms with Crippen molar-refractivity contribution in [1.29, 1.82) is 0 Å². The summed E-state index contributed by atoms with van der Waals surface area (Å²) in [5.74, 6) is 1.80. The summed E-state index contributed by atoms with van der Waals surface area (Å²) < 4.78 is 0. The first-order valence-electron chi connectivity index (χ1n) is 5.98. The van der Waals surface area contributed by atoms with Crippen LogP contribution >= 0.6 is 0 Å². The van der Waals surface area contributed by atoms with Gasteiger partial charge in [0, 0.05) is 0 Å². The Morgan fingerprint density at radius 2 is 1.69 bits per heavy atom. The smallest absolute Gasteiger partial charge is 0.0386 e. The van der Waals surface area contributed by atoms with E-state index < -0.39 is 0 Å². The average molecular weight is 183 g/mol. The maximum atomic E-state index is 2.47. The normalized spacial score (nSPS) is 13.6. The molecule has 0 aliphatic carbocycles. The molecule has 1 radical (unpaired) electrons. The molecule has 0 aromatic rings. The van der Waals surface area contributed by atoms with Gasteiger partial charge in [-0.3, -0.25) is 0 Å². The number of hydrogen-bond donors (Lipinski definition) is 0. The van der Waals surface area contributed by atoms with E-state index >= 15 is 0 Å². The van der Waals surface area contributed by atoms with Gasteiger partial charge in [-0.25, -0.2) is 0 Å². The minimum absolute atomic E-state index is 0.866. The molecule has 0 N–H and O–H groups in total. The highest BCUT2D eigenvalue weighted by Crippen LogP contribution is 2.14. The lowest BCUT2D eigenvalue weighted by atomic mass is 9.99. The highest BCUT2D eigenvalue weighted by atomic mass is 14.0. The fraction of sp³-hybridized carbons (Fsp3) is 0.923. The van der Waals surface area contributed by atoms with Gasteiger partial charge >= 0.3 is 0 Å². The van der Waals surface area contributed by atoms with Crippen molar-refractivity contribution in [2.75, 3.05) is 0 Å². The summed E-state index contributed by atoms with van der Waals surface area (Å²) in [6, 6.07) is 0. The van der Waals surface area contributed by atoms with Crippen molar-refractivity contribution in [3.8, 4) is 0 Å². The third kappa shape index (κ3) is 9.92.